The Hall–Kier alpha value is -3.19. The molecule has 0 aliphatic heterocycles. The summed E-state index contributed by atoms with van der Waals surface area (Å²) in [6.07, 6.45) is 6.78. The van der Waals surface area contributed by atoms with E-state index >= 15 is 0 Å². The van der Waals surface area contributed by atoms with Gasteiger partial charge in [0.2, 0.25) is 5.69 Å². The van der Waals surface area contributed by atoms with Crippen LogP contribution in [0, 0.1) is 19.2 Å². The minimum Gasteiger partial charge on any atom is -0.201 e. The number of hydrogen-bond donors (Lipinski definition) is 0. The molecule has 1 saturated carbocycles. The Kier molecular flexibility index (Phi) is 4.18. The first kappa shape index (κ1) is 19.0. The van der Waals surface area contributed by atoms with Crippen molar-refractivity contribution in [2.75, 3.05) is 0 Å². The minimum absolute atomic E-state index is 0.186. The number of benzene rings is 3. The zero-order valence-corrected chi connectivity index (χ0v) is 22.5. The summed E-state index contributed by atoms with van der Waals surface area (Å²) < 4.78 is 37.0. The molecule has 1 nitrogen and oxygen atoms in total. The Morgan fingerprint density at radius 2 is 1.46 bits per heavy atom. The number of nitrogens with zero attached hydrogens (tertiary/aromatic N) is 1. The molecular weight excluding hydrogens is 446 g/mol. The molecule has 1 aromatic heterocycles. The number of fused-ring (bicyclic) bond motifs is 7. The molecule has 7 rings (SSSR count). The smallest absolute Gasteiger partial charge is 0.201 e. The van der Waals surface area contributed by atoms with Crippen LogP contribution in [-0.2, 0) is 19.9 Å². The number of aryl methyl sites for hydroxylation is 2. The lowest BCUT2D eigenvalue weighted by Crippen LogP contribution is -2.33. The van der Waals surface area contributed by atoms with E-state index in [1.54, 1.807) is 0 Å². The molecule has 0 radical (unpaired) electrons. The summed E-state index contributed by atoms with van der Waals surface area (Å²) in [5, 5.41) is 0. The maximum absolute atomic E-state index is 9.65. The van der Waals surface area contributed by atoms with E-state index in [1.165, 1.54) is 55.6 Å². The first-order chi connectivity index (χ1) is 19.4. The standard InChI is InChI=1S/C36H38N/c1-22-21-37(5)32(20-29(22)24-14-16-36(3,4)17-15-24)33-23(2)30-18-25-10-6-8-12-27(25)34(30)35-28-13-9-7-11-26(28)19-31(33)35/h6-13,20-21,24H,14-19H2,1-5H3/q+1/i1D3,24D. The molecule has 4 aromatic rings. The lowest BCUT2D eigenvalue weighted by molar-refractivity contribution is -0.660. The van der Waals surface area contributed by atoms with Gasteiger partial charge >= 0.3 is 0 Å². The normalized spacial score (nSPS) is 20.1. The van der Waals surface area contributed by atoms with Gasteiger partial charge < -0.3 is 0 Å². The summed E-state index contributed by atoms with van der Waals surface area (Å²) in [6, 6.07) is 19.6. The van der Waals surface area contributed by atoms with E-state index in [2.05, 4.69) is 75.4 Å². The Labute approximate surface area is 227 Å². The van der Waals surface area contributed by atoms with Crippen molar-refractivity contribution in [2.45, 2.75) is 72.0 Å². The largest absolute Gasteiger partial charge is 0.213 e. The van der Waals surface area contributed by atoms with Crippen molar-refractivity contribution in [3.8, 4) is 33.5 Å². The van der Waals surface area contributed by atoms with Gasteiger partial charge in [-0.2, -0.15) is 0 Å². The second kappa shape index (κ2) is 8.15. The highest BCUT2D eigenvalue weighted by Gasteiger charge is 2.36. The van der Waals surface area contributed by atoms with Crippen molar-refractivity contribution in [1.82, 2.24) is 0 Å². The van der Waals surface area contributed by atoms with Gasteiger partial charge in [-0.25, -0.2) is 4.57 Å². The lowest BCUT2D eigenvalue weighted by Gasteiger charge is -2.35. The van der Waals surface area contributed by atoms with Crippen LogP contribution in [-0.4, -0.2) is 0 Å². The highest BCUT2D eigenvalue weighted by molar-refractivity contribution is 6.00. The van der Waals surface area contributed by atoms with Crippen LogP contribution in [0.2, 0.25) is 0 Å². The first-order valence-electron chi connectivity index (χ1n) is 15.8. The van der Waals surface area contributed by atoms with Gasteiger partial charge in [0, 0.05) is 17.1 Å². The SMILES string of the molecule is [2H]C([2H])([2H])c1c[n+](C)c(-c2c(C)c3c(c4c2Cc2ccccc2-4)-c2ccccc2C3)cc1C1([2H])CCC(C)(C)CC1. The van der Waals surface area contributed by atoms with Gasteiger partial charge in [0.25, 0.3) is 0 Å². The molecule has 0 bridgehead atoms. The fourth-order valence-corrected chi connectivity index (χ4v) is 7.24. The van der Waals surface area contributed by atoms with Gasteiger partial charge in [-0.1, -0.05) is 62.4 Å². The summed E-state index contributed by atoms with van der Waals surface area (Å²) in [7, 11) is 1.98. The first-order valence-corrected chi connectivity index (χ1v) is 13.8. The predicted octanol–water partition coefficient (Wildman–Crippen LogP) is 8.62. The second-order valence-electron chi connectivity index (χ2n) is 12.2. The van der Waals surface area contributed by atoms with Crippen LogP contribution >= 0.6 is 0 Å². The Bertz CT molecular complexity index is 1730. The fraction of sp³-hybridized carbons (Fsp3) is 0.361. The molecular formula is C36H38N+. The topological polar surface area (TPSA) is 3.88 Å². The maximum atomic E-state index is 9.65. The molecule has 1 heteroatoms. The number of rotatable bonds is 2. The van der Waals surface area contributed by atoms with Crippen LogP contribution in [0.15, 0.2) is 60.8 Å². The van der Waals surface area contributed by atoms with E-state index in [0.717, 1.165) is 31.4 Å². The van der Waals surface area contributed by atoms with Crippen molar-refractivity contribution in [3.05, 3.63) is 99.7 Å². The lowest BCUT2D eigenvalue weighted by atomic mass is 9.70. The molecule has 37 heavy (non-hydrogen) atoms. The second-order valence-corrected chi connectivity index (χ2v) is 12.2. The molecule has 3 aliphatic rings. The van der Waals surface area contributed by atoms with E-state index < -0.39 is 12.7 Å². The molecule has 3 aromatic carbocycles. The molecule has 3 aliphatic carbocycles. The zero-order chi connectivity index (χ0) is 28.9. The van der Waals surface area contributed by atoms with Crippen LogP contribution in [0.4, 0.5) is 0 Å². The number of aromatic nitrogens is 1. The Morgan fingerprint density at radius 3 is 2.11 bits per heavy atom. The maximum Gasteiger partial charge on any atom is 0.213 e. The highest BCUT2D eigenvalue weighted by atomic mass is 14.9. The Balaban J connectivity index is 1.51. The average Bonchev–Trinajstić information content (AvgIpc) is 3.49. The Morgan fingerprint density at radius 1 is 0.865 bits per heavy atom. The number of hydrogen-bond acceptors (Lipinski definition) is 0. The van der Waals surface area contributed by atoms with Crippen molar-refractivity contribution in [2.24, 2.45) is 12.5 Å². The van der Waals surface area contributed by atoms with Gasteiger partial charge in [-0.15, -0.1) is 0 Å². The van der Waals surface area contributed by atoms with Crippen LogP contribution in [0.3, 0.4) is 0 Å². The van der Waals surface area contributed by atoms with Crippen LogP contribution < -0.4 is 4.57 Å². The third-order valence-electron chi connectivity index (χ3n) is 9.41. The molecule has 0 spiro atoms. The molecule has 0 unspecified atom stereocenters. The van der Waals surface area contributed by atoms with Crippen molar-refractivity contribution < 1.29 is 10.1 Å². The average molecular weight is 489 g/mol. The summed E-state index contributed by atoms with van der Waals surface area (Å²) in [6.45, 7) is 4.50. The van der Waals surface area contributed by atoms with Gasteiger partial charge in [0.05, 0.1) is 5.56 Å². The summed E-state index contributed by atoms with van der Waals surface area (Å²) in [5.74, 6) is -0.907. The fourth-order valence-electron chi connectivity index (χ4n) is 7.24. The van der Waals surface area contributed by atoms with Crippen LogP contribution in [0.1, 0.15) is 89.9 Å². The predicted molar refractivity (Wildman–Crippen MR) is 154 cm³/mol. The van der Waals surface area contributed by atoms with Gasteiger partial charge in [0.1, 0.15) is 7.05 Å². The van der Waals surface area contributed by atoms with E-state index in [1.807, 2.05) is 17.8 Å². The molecule has 0 atom stereocenters. The highest BCUT2D eigenvalue weighted by Crippen LogP contribution is 2.54. The van der Waals surface area contributed by atoms with Crippen molar-refractivity contribution in [1.29, 1.82) is 0 Å². The molecule has 0 amide bonds. The third-order valence-corrected chi connectivity index (χ3v) is 9.41. The summed E-state index contributed by atoms with van der Waals surface area (Å²) in [5.41, 5.74) is 15.5. The van der Waals surface area contributed by atoms with Crippen molar-refractivity contribution >= 4 is 0 Å². The molecule has 0 N–H and O–H groups in total. The molecule has 0 saturated heterocycles. The van der Waals surface area contributed by atoms with Gasteiger partial charge in [-0.3, -0.25) is 0 Å². The molecule has 1 heterocycles. The quantitative estimate of drug-likeness (QED) is 0.215. The monoisotopic (exact) mass is 488 g/mol. The van der Waals surface area contributed by atoms with Crippen LogP contribution in [0.25, 0.3) is 33.5 Å². The summed E-state index contributed by atoms with van der Waals surface area (Å²) in [4.78, 5) is 0. The van der Waals surface area contributed by atoms with E-state index in [4.69, 9.17) is 4.11 Å². The number of pyridine rings is 1. The minimum atomic E-state index is -2.28. The van der Waals surface area contributed by atoms with E-state index in [9.17, 15) is 1.37 Å². The van der Waals surface area contributed by atoms with E-state index in [0.29, 0.717) is 24.0 Å². The molecule has 186 valence electrons. The van der Waals surface area contributed by atoms with Gasteiger partial charge in [0.15, 0.2) is 6.20 Å². The van der Waals surface area contributed by atoms with Gasteiger partial charge in [-0.05, 0) is 119 Å². The summed E-state index contributed by atoms with van der Waals surface area (Å²) >= 11 is 0. The van der Waals surface area contributed by atoms with E-state index in [-0.39, 0.29) is 5.41 Å². The third kappa shape index (κ3) is 3.46. The molecule has 1 fully saturated rings. The van der Waals surface area contributed by atoms with Crippen LogP contribution in [0.5, 0.6) is 0 Å². The van der Waals surface area contributed by atoms with Crippen molar-refractivity contribution in [3.63, 3.8) is 0 Å². The zero-order valence-electron chi connectivity index (χ0n) is 26.5.